The number of para-hydroxylation sites is 5. The van der Waals surface area contributed by atoms with E-state index in [-0.39, 0.29) is 0 Å². The Kier molecular flexibility index (Phi) is 5.51. The summed E-state index contributed by atoms with van der Waals surface area (Å²) in [5.41, 5.74) is 12.4. The Morgan fingerprint density at radius 2 is 0.915 bits per heavy atom. The number of hydrogen-bond donors (Lipinski definition) is 0. The summed E-state index contributed by atoms with van der Waals surface area (Å²) < 4.78 is 13.0. The van der Waals surface area contributed by atoms with Gasteiger partial charge in [0.25, 0.3) is 0 Å². The van der Waals surface area contributed by atoms with Gasteiger partial charge < -0.3 is 8.83 Å². The first-order valence-corrected chi connectivity index (χ1v) is 15.7. The Morgan fingerprint density at radius 1 is 0.383 bits per heavy atom. The van der Waals surface area contributed by atoms with Gasteiger partial charge in [-0.25, -0.2) is 0 Å². The van der Waals surface area contributed by atoms with Gasteiger partial charge in [0, 0.05) is 32.7 Å². The van der Waals surface area contributed by atoms with Crippen molar-refractivity contribution in [3.63, 3.8) is 0 Å². The van der Waals surface area contributed by atoms with Crippen molar-refractivity contribution in [1.29, 1.82) is 0 Å². The SMILES string of the molecule is c1ccc(-n2nc3ccc(-c4cc(-c5cccc6c5oc5ccccc56)cc(-c5cccc6c5oc5ccccc56)c4)cc3n2)cc1. The first-order chi connectivity index (χ1) is 23.3. The van der Waals surface area contributed by atoms with E-state index in [9.17, 15) is 0 Å². The third-order valence-electron chi connectivity index (χ3n) is 9.06. The van der Waals surface area contributed by atoms with Gasteiger partial charge in [-0.15, -0.1) is 10.2 Å². The van der Waals surface area contributed by atoms with E-state index < -0.39 is 0 Å². The Morgan fingerprint density at radius 3 is 1.55 bits per heavy atom. The molecule has 0 unspecified atom stereocenters. The van der Waals surface area contributed by atoms with E-state index in [2.05, 4.69) is 91.0 Å². The fraction of sp³-hybridized carbons (Fsp3) is 0. The standard InChI is InChI=1S/C42H25N3O2/c1-2-10-30(11-3-1)45-43-37-21-20-26(25-38(37)44-45)27-22-28(31-14-8-16-35-33-12-4-6-18-39(33)46-41(31)35)24-29(23-27)32-15-9-17-36-34-13-5-7-19-40(34)47-42(32)36/h1-25H. The zero-order chi connectivity index (χ0) is 30.9. The van der Waals surface area contributed by atoms with Crippen LogP contribution in [0.1, 0.15) is 0 Å². The molecule has 0 aliphatic heterocycles. The van der Waals surface area contributed by atoms with E-state index in [1.165, 1.54) is 0 Å². The zero-order valence-electron chi connectivity index (χ0n) is 25.1. The Balaban J connectivity index is 1.21. The molecule has 0 saturated heterocycles. The lowest BCUT2D eigenvalue weighted by Crippen LogP contribution is -1.97. The molecule has 10 rings (SSSR count). The second kappa shape index (κ2) is 10.0. The molecule has 0 aliphatic carbocycles. The molecule has 0 spiro atoms. The number of aromatic nitrogens is 3. The van der Waals surface area contributed by atoms with Crippen LogP contribution in [0.3, 0.4) is 0 Å². The molecule has 10 aromatic rings. The maximum Gasteiger partial charge on any atom is 0.143 e. The molecule has 0 aliphatic rings. The van der Waals surface area contributed by atoms with Gasteiger partial charge in [-0.3, -0.25) is 0 Å². The summed E-state index contributed by atoms with van der Waals surface area (Å²) in [6.07, 6.45) is 0. The Bertz CT molecular complexity index is 2670. The van der Waals surface area contributed by atoms with Crippen LogP contribution >= 0.6 is 0 Å². The lowest BCUT2D eigenvalue weighted by atomic mass is 9.92. The molecule has 0 bridgehead atoms. The minimum atomic E-state index is 0.831. The van der Waals surface area contributed by atoms with Crippen molar-refractivity contribution >= 4 is 54.9 Å². The summed E-state index contributed by atoms with van der Waals surface area (Å²) in [5, 5.41) is 14.0. The van der Waals surface area contributed by atoms with Gasteiger partial charge >= 0.3 is 0 Å². The van der Waals surface area contributed by atoms with E-state index >= 15 is 0 Å². The molecule has 5 heteroatoms. The largest absolute Gasteiger partial charge is 0.455 e. The van der Waals surface area contributed by atoms with Gasteiger partial charge in [0.05, 0.1) is 5.69 Å². The smallest absolute Gasteiger partial charge is 0.143 e. The molecule has 0 radical (unpaired) electrons. The summed E-state index contributed by atoms with van der Waals surface area (Å²) in [6, 6.07) is 52.2. The molecule has 0 fully saturated rings. The number of rotatable bonds is 4. The summed E-state index contributed by atoms with van der Waals surface area (Å²) in [6.45, 7) is 0. The molecular formula is C42H25N3O2. The van der Waals surface area contributed by atoms with Gasteiger partial charge in [-0.2, -0.15) is 4.80 Å². The second-order valence-corrected chi connectivity index (χ2v) is 11.9. The first kappa shape index (κ1) is 25.8. The van der Waals surface area contributed by atoms with Crippen molar-refractivity contribution in [2.75, 3.05) is 0 Å². The molecule has 3 heterocycles. The maximum atomic E-state index is 6.50. The molecule has 220 valence electrons. The van der Waals surface area contributed by atoms with Crippen LogP contribution in [0.2, 0.25) is 0 Å². The van der Waals surface area contributed by atoms with Crippen molar-refractivity contribution in [3.8, 4) is 39.1 Å². The molecule has 47 heavy (non-hydrogen) atoms. The molecule has 0 N–H and O–H groups in total. The second-order valence-electron chi connectivity index (χ2n) is 11.9. The normalized spacial score (nSPS) is 11.8. The quantitative estimate of drug-likeness (QED) is 0.201. The van der Waals surface area contributed by atoms with Gasteiger partial charge in [0.1, 0.15) is 33.4 Å². The van der Waals surface area contributed by atoms with E-state index in [0.717, 1.165) is 94.0 Å². The van der Waals surface area contributed by atoms with E-state index in [4.69, 9.17) is 19.0 Å². The first-order valence-electron chi connectivity index (χ1n) is 15.7. The van der Waals surface area contributed by atoms with E-state index in [1.54, 1.807) is 4.80 Å². The minimum absolute atomic E-state index is 0.831. The van der Waals surface area contributed by atoms with Crippen molar-refractivity contribution in [2.45, 2.75) is 0 Å². The van der Waals surface area contributed by atoms with Crippen molar-refractivity contribution in [1.82, 2.24) is 15.0 Å². The summed E-state index contributed by atoms with van der Waals surface area (Å²) in [4.78, 5) is 1.70. The topological polar surface area (TPSA) is 57.0 Å². The molecular weight excluding hydrogens is 578 g/mol. The molecule has 3 aromatic heterocycles. The van der Waals surface area contributed by atoms with Crippen LogP contribution in [-0.2, 0) is 0 Å². The third kappa shape index (κ3) is 4.10. The predicted octanol–water partition coefficient (Wildman–Crippen LogP) is 11.2. The van der Waals surface area contributed by atoms with Crippen molar-refractivity contribution in [3.05, 3.63) is 152 Å². The highest BCUT2D eigenvalue weighted by molar-refractivity contribution is 6.11. The molecule has 0 atom stereocenters. The van der Waals surface area contributed by atoms with E-state index in [1.807, 2.05) is 60.7 Å². The van der Waals surface area contributed by atoms with Gasteiger partial charge in [0.2, 0.25) is 0 Å². The van der Waals surface area contributed by atoms with Gasteiger partial charge in [0.15, 0.2) is 0 Å². The molecule has 7 aromatic carbocycles. The van der Waals surface area contributed by atoms with Crippen LogP contribution in [0, 0.1) is 0 Å². The summed E-state index contributed by atoms with van der Waals surface area (Å²) in [7, 11) is 0. The fourth-order valence-electron chi connectivity index (χ4n) is 6.83. The summed E-state index contributed by atoms with van der Waals surface area (Å²) >= 11 is 0. The highest BCUT2D eigenvalue weighted by atomic mass is 16.3. The van der Waals surface area contributed by atoms with Crippen LogP contribution in [0.25, 0.3) is 94.0 Å². The highest BCUT2D eigenvalue weighted by Gasteiger charge is 2.17. The number of furan rings is 2. The monoisotopic (exact) mass is 603 g/mol. The number of benzene rings is 7. The molecule has 5 nitrogen and oxygen atoms in total. The molecule has 0 amide bonds. The average Bonchev–Trinajstić information content (AvgIpc) is 3.85. The van der Waals surface area contributed by atoms with Gasteiger partial charge in [-0.05, 0) is 76.9 Å². The highest BCUT2D eigenvalue weighted by Crippen LogP contribution is 2.42. The van der Waals surface area contributed by atoms with Crippen LogP contribution < -0.4 is 0 Å². The average molecular weight is 604 g/mol. The van der Waals surface area contributed by atoms with Gasteiger partial charge in [-0.1, -0.05) is 97.1 Å². The summed E-state index contributed by atoms with van der Waals surface area (Å²) in [5.74, 6) is 0. The number of nitrogens with zero attached hydrogens (tertiary/aromatic N) is 3. The van der Waals surface area contributed by atoms with E-state index in [0.29, 0.717) is 0 Å². The number of fused-ring (bicyclic) bond motifs is 7. The van der Waals surface area contributed by atoms with Crippen molar-refractivity contribution in [2.24, 2.45) is 0 Å². The lowest BCUT2D eigenvalue weighted by Gasteiger charge is -2.12. The van der Waals surface area contributed by atoms with Crippen LogP contribution in [0.4, 0.5) is 0 Å². The predicted molar refractivity (Wildman–Crippen MR) is 190 cm³/mol. The van der Waals surface area contributed by atoms with Crippen LogP contribution in [-0.4, -0.2) is 15.0 Å². The lowest BCUT2D eigenvalue weighted by molar-refractivity contribution is 0.670. The van der Waals surface area contributed by atoms with Crippen LogP contribution in [0.15, 0.2) is 160 Å². The Hall–Kier alpha value is -6.46. The molecule has 0 saturated carbocycles. The minimum Gasteiger partial charge on any atom is -0.455 e. The zero-order valence-corrected chi connectivity index (χ0v) is 25.1. The Labute approximate surface area is 268 Å². The third-order valence-corrected chi connectivity index (χ3v) is 9.06. The fourth-order valence-corrected chi connectivity index (χ4v) is 6.83. The van der Waals surface area contributed by atoms with Crippen LogP contribution in [0.5, 0.6) is 0 Å². The number of hydrogen-bond acceptors (Lipinski definition) is 4. The van der Waals surface area contributed by atoms with Crippen molar-refractivity contribution < 1.29 is 8.83 Å². The maximum absolute atomic E-state index is 6.50.